The molecule has 20 heavy (non-hydrogen) atoms. The smallest absolute Gasteiger partial charge is 0.263 e. The van der Waals surface area contributed by atoms with Crippen LogP contribution in [0.4, 0.5) is 0 Å². The number of alkyl halides is 1. The summed E-state index contributed by atoms with van der Waals surface area (Å²) in [5, 5.41) is 14.5. The second kappa shape index (κ2) is 9.40. The molecule has 0 fully saturated rings. The first-order valence-electron chi connectivity index (χ1n) is 6.09. The van der Waals surface area contributed by atoms with Crippen molar-refractivity contribution >= 4 is 33.4 Å². The predicted octanol–water partition coefficient (Wildman–Crippen LogP) is 2.69. The van der Waals surface area contributed by atoms with Crippen LogP contribution in [0.2, 0.25) is 0 Å². The summed E-state index contributed by atoms with van der Waals surface area (Å²) in [5.74, 6) is 0.0918. The van der Waals surface area contributed by atoms with Crippen molar-refractivity contribution < 1.29 is 4.79 Å². The van der Waals surface area contributed by atoms with Gasteiger partial charge in [0.25, 0.3) is 5.91 Å². The monoisotopic (exact) mass is 355 g/mol. The molecular weight excluding hydrogens is 342 g/mol. The van der Waals surface area contributed by atoms with Crippen LogP contribution in [0.3, 0.4) is 0 Å². The Hall–Kier alpha value is -1.51. The van der Waals surface area contributed by atoms with Crippen molar-refractivity contribution in [2.45, 2.75) is 13.0 Å². The number of carbonyl (C=O) groups is 1. The Kier molecular flexibility index (Phi) is 7.78. The van der Waals surface area contributed by atoms with Gasteiger partial charge in [-0.25, -0.2) is 0 Å². The number of nitrogens with one attached hydrogen (secondary N) is 2. The van der Waals surface area contributed by atoms with Gasteiger partial charge in [0.15, 0.2) is 0 Å². The molecule has 0 atom stereocenters. The Labute approximate surface area is 131 Å². The molecule has 0 saturated heterocycles. The van der Waals surface area contributed by atoms with Crippen LogP contribution in [-0.2, 0) is 11.3 Å². The summed E-state index contributed by atoms with van der Waals surface area (Å²) in [6, 6.07) is 9.65. The Morgan fingerprint density at radius 1 is 1.40 bits per heavy atom. The third kappa shape index (κ3) is 6.09. The highest BCUT2D eigenvalue weighted by molar-refractivity contribution is 9.10. The van der Waals surface area contributed by atoms with Gasteiger partial charge in [-0.1, -0.05) is 28.1 Å². The first-order chi connectivity index (χ1) is 9.67. The molecule has 0 aliphatic heterocycles. The fourth-order valence-electron chi connectivity index (χ4n) is 1.39. The maximum absolute atomic E-state index is 11.6. The van der Waals surface area contributed by atoms with Gasteiger partial charge < -0.3 is 10.6 Å². The molecular formula is C14H15BrClN3O. The quantitative estimate of drug-likeness (QED) is 0.342. The number of carbonyl (C=O) groups excluding carboxylic acids is 1. The van der Waals surface area contributed by atoms with Crippen molar-refractivity contribution in [3.63, 3.8) is 0 Å². The van der Waals surface area contributed by atoms with E-state index in [0.717, 1.165) is 10.0 Å². The number of hydrogen-bond acceptors (Lipinski definition) is 3. The molecule has 0 saturated carbocycles. The molecule has 1 aromatic rings. The summed E-state index contributed by atoms with van der Waals surface area (Å²) in [6.07, 6.45) is 2.11. The summed E-state index contributed by atoms with van der Waals surface area (Å²) < 4.78 is 1.01. The van der Waals surface area contributed by atoms with E-state index in [4.69, 9.17) is 16.9 Å². The molecule has 1 rings (SSSR count). The maximum Gasteiger partial charge on any atom is 0.263 e. The van der Waals surface area contributed by atoms with Crippen molar-refractivity contribution in [2.24, 2.45) is 0 Å². The van der Waals surface area contributed by atoms with E-state index in [0.29, 0.717) is 25.4 Å². The van der Waals surface area contributed by atoms with Gasteiger partial charge in [-0.3, -0.25) is 4.79 Å². The third-order valence-electron chi connectivity index (χ3n) is 2.43. The van der Waals surface area contributed by atoms with Gasteiger partial charge in [-0.05, 0) is 24.1 Å². The van der Waals surface area contributed by atoms with Gasteiger partial charge in [-0.15, -0.1) is 11.6 Å². The average Bonchev–Trinajstić information content (AvgIpc) is 2.45. The van der Waals surface area contributed by atoms with Crippen LogP contribution in [0.25, 0.3) is 0 Å². The van der Waals surface area contributed by atoms with Crippen molar-refractivity contribution in [2.75, 3.05) is 12.4 Å². The fraction of sp³-hybridized carbons (Fsp3) is 0.286. The van der Waals surface area contributed by atoms with E-state index >= 15 is 0 Å². The summed E-state index contributed by atoms with van der Waals surface area (Å²) in [4.78, 5) is 11.6. The highest BCUT2D eigenvalue weighted by Gasteiger charge is 2.07. The van der Waals surface area contributed by atoms with Crippen LogP contribution in [0, 0.1) is 11.3 Å². The molecule has 0 spiro atoms. The largest absolute Gasteiger partial charge is 0.386 e. The fourth-order valence-corrected chi connectivity index (χ4v) is 1.78. The van der Waals surface area contributed by atoms with E-state index in [1.54, 1.807) is 0 Å². The number of nitrogens with zero attached hydrogens (tertiary/aromatic N) is 1. The number of amides is 1. The van der Waals surface area contributed by atoms with E-state index in [-0.39, 0.29) is 11.5 Å². The number of benzene rings is 1. The van der Waals surface area contributed by atoms with Crippen molar-refractivity contribution in [1.29, 1.82) is 5.26 Å². The number of nitriles is 1. The van der Waals surface area contributed by atoms with Crippen LogP contribution in [0.15, 0.2) is 40.5 Å². The molecule has 1 amide bonds. The molecule has 0 aliphatic rings. The van der Waals surface area contributed by atoms with Crippen LogP contribution in [-0.4, -0.2) is 18.3 Å². The average molecular weight is 357 g/mol. The highest BCUT2D eigenvalue weighted by Crippen LogP contribution is 2.10. The first-order valence-corrected chi connectivity index (χ1v) is 7.42. The molecule has 0 aliphatic carbocycles. The lowest BCUT2D eigenvalue weighted by Gasteiger charge is -2.04. The number of rotatable bonds is 7. The van der Waals surface area contributed by atoms with Gasteiger partial charge in [-0.2, -0.15) is 5.26 Å². The Morgan fingerprint density at radius 2 is 2.10 bits per heavy atom. The topological polar surface area (TPSA) is 64.9 Å². The zero-order valence-electron chi connectivity index (χ0n) is 10.8. The van der Waals surface area contributed by atoms with Crippen LogP contribution in [0.1, 0.15) is 12.0 Å². The Morgan fingerprint density at radius 3 is 2.70 bits per heavy atom. The normalized spacial score (nSPS) is 10.8. The lowest BCUT2D eigenvalue weighted by Crippen LogP contribution is -2.26. The molecule has 6 heteroatoms. The van der Waals surface area contributed by atoms with Crippen LogP contribution >= 0.6 is 27.5 Å². The standard InChI is InChI=1S/C14H15BrClN3O/c15-13-4-2-11(3-5-13)9-18-10-12(8-17)14(20)19-7-1-6-16/h2-5,10,18H,1,6-7,9H2,(H,19,20)/b12-10-. The van der Waals surface area contributed by atoms with Gasteiger partial charge in [0, 0.05) is 29.6 Å². The molecule has 0 heterocycles. The summed E-state index contributed by atoms with van der Waals surface area (Å²) in [6.45, 7) is 1.02. The van der Waals surface area contributed by atoms with E-state index in [1.807, 2.05) is 30.3 Å². The lowest BCUT2D eigenvalue weighted by molar-refractivity contribution is -0.117. The highest BCUT2D eigenvalue weighted by atomic mass is 79.9. The van der Waals surface area contributed by atoms with Crippen LogP contribution < -0.4 is 10.6 Å². The predicted molar refractivity (Wildman–Crippen MR) is 83.0 cm³/mol. The van der Waals surface area contributed by atoms with Gasteiger partial charge >= 0.3 is 0 Å². The number of halogens is 2. The van der Waals surface area contributed by atoms with E-state index in [2.05, 4.69) is 26.6 Å². The van der Waals surface area contributed by atoms with E-state index < -0.39 is 0 Å². The Bertz CT molecular complexity index is 508. The molecule has 106 valence electrons. The zero-order chi connectivity index (χ0) is 14.8. The van der Waals surface area contributed by atoms with Gasteiger partial charge in [0.2, 0.25) is 0 Å². The minimum absolute atomic E-state index is 0.0525. The molecule has 2 N–H and O–H groups in total. The molecule has 1 aromatic carbocycles. The molecule has 0 bridgehead atoms. The third-order valence-corrected chi connectivity index (χ3v) is 3.22. The molecule has 4 nitrogen and oxygen atoms in total. The first kappa shape index (κ1) is 16.5. The van der Waals surface area contributed by atoms with Crippen molar-refractivity contribution in [1.82, 2.24) is 10.6 Å². The van der Waals surface area contributed by atoms with E-state index in [9.17, 15) is 4.79 Å². The summed E-state index contributed by atoms with van der Waals surface area (Å²) in [7, 11) is 0. The van der Waals surface area contributed by atoms with Crippen LogP contribution in [0.5, 0.6) is 0 Å². The minimum atomic E-state index is -0.388. The molecule has 0 unspecified atom stereocenters. The van der Waals surface area contributed by atoms with Crippen molar-refractivity contribution in [3.05, 3.63) is 46.1 Å². The van der Waals surface area contributed by atoms with Crippen molar-refractivity contribution in [3.8, 4) is 6.07 Å². The van der Waals surface area contributed by atoms with Gasteiger partial charge in [0.05, 0.1) is 0 Å². The summed E-state index contributed by atoms with van der Waals surface area (Å²) in [5.41, 5.74) is 1.11. The number of hydrogen-bond donors (Lipinski definition) is 2. The SMILES string of the molecule is N#C/C(=C/NCc1ccc(Br)cc1)C(=O)NCCCCl. The minimum Gasteiger partial charge on any atom is -0.386 e. The lowest BCUT2D eigenvalue weighted by atomic mass is 10.2. The van der Waals surface area contributed by atoms with E-state index in [1.165, 1.54) is 6.20 Å². The second-order valence-electron chi connectivity index (χ2n) is 3.98. The zero-order valence-corrected chi connectivity index (χ0v) is 13.2. The maximum atomic E-state index is 11.6. The second-order valence-corrected chi connectivity index (χ2v) is 5.27. The molecule has 0 radical (unpaired) electrons. The summed E-state index contributed by atoms with van der Waals surface area (Å²) >= 11 is 8.87. The van der Waals surface area contributed by atoms with Gasteiger partial charge in [0.1, 0.15) is 11.6 Å². The molecule has 0 aromatic heterocycles. The Balaban J connectivity index is 2.47.